The summed E-state index contributed by atoms with van der Waals surface area (Å²) in [5.74, 6) is -0.176. The van der Waals surface area contributed by atoms with Gasteiger partial charge in [0.15, 0.2) is 0 Å². The van der Waals surface area contributed by atoms with Gasteiger partial charge in [0.2, 0.25) is 15.9 Å². The number of nitrogens with one attached hydrogen (secondary N) is 2. The Morgan fingerprint density at radius 1 is 1.43 bits per heavy atom. The monoisotopic (exact) mass is 333 g/mol. The summed E-state index contributed by atoms with van der Waals surface area (Å²) in [5, 5.41) is 11.1. The summed E-state index contributed by atoms with van der Waals surface area (Å²) < 4.78 is 22.9. The van der Waals surface area contributed by atoms with Crippen LogP contribution < -0.4 is 15.8 Å². The van der Waals surface area contributed by atoms with E-state index in [9.17, 15) is 13.2 Å². The predicted molar refractivity (Wildman–Crippen MR) is 84.0 cm³/mol. The summed E-state index contributed by atoms with van der Waals surface area (Å²) in [6.45, 7) is 3.25. The minimum absolute atomic E-state index is 0. The molecule has 4 N–H and O–H groups in total. The first-order valence-electron chi connectivity index (χ1n) is 6.53. The summed E-state index contributed by atoms with van der Waals surface area (Å²) >= 11 is 0. The van der Waals surface area contributed by atoms with Crippen molar-refractivity contribution in [1.29, 1.82) is 0 Å². The Balaban J connectivity index is 0.00000220. The van der Waals surface area contributed by atoms with E-state index in [0.717, 1.165) is 19.4 Å². The average molecular weight is 334 g/mol. The van der Waals surface area contributed by atoms with E-state index >= 15 is 0 Å². The number of benzene rings is 1. The van der Waals surface area contributed by atoms with Gasteiger partial charge in [-0.1, -0.05) is 6.07 Å². The molecule has 0 bridgehead atoms. The van der Waals surface area contributed by atoms with Crippen LogP contribution in [0.2, 0.25) is 0 Å². The molecule has 0 aliphatic carbocycles. The highest BCUT2D eigenvalue weighted by Gasteiger charge is 2.21. The van der Waals surface area contributed by atoms with Gasteiger partial charge in [0.1, 0.15) is 0 Å². The number of aryl methyl sites for hydroxylation is 1. The number of amides is 1. The summed E-state index contributed by atoms with van der Waals surface area (Å²) in [4.78, 5) is 12.1. The third-order valence-electron chi connectivity index (χ3n) is 3.43. The summed E-state index contributed by atoms with van der Waals surface area (Å²) in [7, 11) is -3.78. The number of carbonyl (C=O) groups is 1. The number of carbonyl (C=O) groups excluding carboxylic acids is 1. The summed E-state index contributed by atoms with van der Waals surface area (Å²) in [6, 6.07) is 4.71. The molecule has 1 heterocycles. The number of hydrogen-bond acceptors (Lipinski definition) is 4. The maximum atomic E-state index is 12.1. The predicted octanol–water partition coefficient (Wildman–Crippen LogP) is 1.00. The quantitative estimate of drug-likeness (QED) is 0.768. The smallest absolute Gasteiger partial charge is 0.238 e. The Hall–Kier alpha value is -1.15. The van der Waals surface area contributed by atoms with Gasteiger partial charge in [-0.05, 0) is 44.0 Å². The molecule has 1 amide bonds. The molecule has 1 aliphatic heterocycles. The van der Waals surface area contributed by atoms with Crippen molar-refractivity contribution in [2.24, 2.45) is 11.1 Å². The van der Waals surface area contributed by atoms with Gasteiger partial charge >= 0.3 is 0 Å². The summed E-state index contributed by atoms with van der Waals surface area (Å²) in [6.07, 6.45) is 1.81. The second kappa shape index (κ2) is 7.22. The van der Waals surface area contributed by atoms with Crippen molar-refractivity contribution in [2.75, 3.05) is 18.4 Å². The second-order valence-electron chi connectivity index (χ2n) is 5.06. The molecule has 1 saturated heterocycles. The Morgan fingerprint density at radius 3 is 2.71 bits per heavy atom. The average Bonchev–Trinajstić information content (AvgIpc) is 2.40. The number of anilines is 1. The molecule has 2 rings (SSSR count). The molecule has 1 unspecified atom stereocenters. The van der Waals surface area contributed by atoms with Gasteiger partial charge in [-0.3, -0.25) is 4.79 Å². The van der Waals surface area contributed by atoms with E-state index in [-0.39, 0.29) is 29.1 Å². The van der Waals surface area contributed by atoms with E-state index < -0.39 is 10.0 Å². The van der Waals surface area contributed by atoms with E-state index in [2.05, 4.69) is 10.6 Å². The Bertz CT molecular complexity index is 613. The van der Waals surface area contributed by atoms with Crippen molar-refractivity contribution in [2.45, 2.75) is 24.7 Å². The minimum Gasteiger partial charge on any atom is -0.326 e. The highest BCUT2D eigenvalue weighted by Crippen LogP contribution is 2.20. The lowest BCUT2D eigenvalue weighted by molar-refractivity contribution is -0.120. The van der Waals surface area contributed by atoms with Crippen LogP contribution in [0.3, 0.4) is 0 Å². The maximum absolute atomic E-state index is 12.1. The van der Waals surface area contributed by atoms with Crippen molar-refractivity contribution < 1.29 is 13.2 Å². The Kier molecular flexibility index (Phi) is 6.15. The number of piperidine rings is 1. The van der Waals surface area contributed by atoms with E-state index in [1.54, 1.807) is 19.1 Å². The van der Waals surface area contributed by atoms with E-state index in [1.807, 2.05) is 0 Å². The van der Waals surface area contributed by atoms with Gasteiger partial charge in [-0.15, -0.1) is 12.4 Å². The topological polar surface area (TPSA) is 101 Å². The number of halogens is 1. The van der Waals surface area contributed by atoms with E-state index in [1.165, 1.54) is 6.07 Å². The molecule has 0 saturated carbocycles. The van der Waals surface area contributed by atoms with Crippen LogP contribution >= 0.6 is 12.4 Å². The number of nitrogens with two attached hydrogens (primary N) is 1. The fourth-order valence-electron chi connectivity index (χ4n) is 2.30. The first-order chi connectivity index (χ1) is 9.38. The van der Waals surface area contributed by atoms with Crippen LogP contribution in [0.25, 0.3) is 0 Å². The van der Waals surface area contributed by atoms with Gasteiger partial charge in [-0.2, -0.15) is 0 Å². The highest BCUT2D eigenvalue weighted by atomic mass is 35.5. The molecular formula is C13H20ClN3O3S. The lowest BCUT2D eigenvalue weighted by Crippen LogP contribution is -2.37. The second-order valence-corrected chi connectivity index (χ2v) is 6.59. The number of hydrogen-bond donors (Lipinski definition) is 3. The van der Waals surface area contributed by atoms with Crippen molar-refractivity contribution in [3.05, 3.63) is 23.8 Å². The molecule has 1 atom stereocenters. The molecular weight excluding hydrogens is 314 g/mol. The van der Waals surface area contributed by atoms with Gasteiger partial charge in [0, 0.05) is 12.2 Å². The van der Waals surface area contributed by atoms with Crippen molar-refractivity contribution in [3.8, 4) is 0 Å². The van der Waals surface area contributed by atoms with Gasteiger partial charge < -0.3 is 10.6 Å². The number of sulfonamides is 1. The molecule has 6 nitrogen and oxygen atoms in total. The highest BCUT2D eigenvalue weighted by molar-refractivity contribution is 7.89. The van der Waals surface area contributed by atoms with Gasteiger partial charge in [0.05, 0.1) is 10.8 Å². The zero-order chi connectivity index (χ0) is 14.8. The zero-order valence-electron chi connectivity index (χ0n) is 11.8. The van der Waals surface area contributed by atoms with Crippen LogP contribution in [-0.2, 0) is 14.8 Å². The number of rotatable bonds is 3. The van der Waals surface area contributed by atoms with Crippen LogP contribution in [0.15, 0.2) is 23.1 Å². The number of primary sulfonamides is 1. The standard InChI is InChI=1S/C13H19N3O3S.ClH/c1-9-4-5-11(7-12(9)20(14,18)19)16-13(17)10-3-2-6-15-8-10;/h4-5,7,10,15H,2-3,6,8H2,1H3,(H,16,17)(H2,14,18,19);1H. The third kappa shape index (κ3) is 4.67. The molecule has 21 heavy (non-hydrogen) atoms. The van der Waals surface area contributed by atoms with Crippen molar-refractivity contribution >= 4 is 34.0 Å². The molecule has 1 fully saturated rings. The van der Waals surface area contributed by atoms with Crippen LogP contribution in [0.5, 0.6) is 0 Å². The summed E-state index contributed by atoms with van der Waals surface area (Å²) in [5.41, 5.74) is 1.01. The van der Waals surface area contributed by atoms with Crippen LogP contribution in [-0.4, -0.2) is 27.4 Å². The molecule has 1 aromatic rings. The largest absolute Gasteiger partial charge is 0.326 e. The van der Waals surface area contributed by atoms with Gasteiger partial charge in [-0.25, -0.2) is 13.6 Å². The molecule has 118 valence electrons. The maximum Gasteiger partial charge on any atom is 0.238 e. The van der Waals surface area contributed by atoms with Crippen LogP contribution in [0.1, 0.15) is 18.4 Å². The SMILES string of the molecule is Cc1ccc(NC(=O)C2CCCNC2)cc1S(N)(=O)=O.Cl. The van der Waals surface area contributed by atoms with E-state index in [4.69, 9.17) is 5.14 Å². The first-order valence-corrected chi connectivity index (χ1v) is 8.07. The normalized spacial score (nSPS) is 18.7. The van der Waals surface area contributed by atoms with Crippen LogP contribution in [0, 0.1) is 12.8 Å². The first kappa shape index (κ1) is 17.9. The molecule has 0 spiro atoms. The van der Waals surface area contributed by atoms with Crippen molar-refractivity contribution in [1.82, 2.24) is 5.32 Å². The molecule has 0 aromatic heterocycles. The molecule has 8 heteroatoms. The lowest BCUT2D eigenvalue weighted by atomic mass is 9.99. The lowest BCUT2D eigenvalue weighted by Gasteiger charge is -2.22. The van der Waals surface area contributed by atoms with Crippen molar-refractivity contribution in [3.63, 3.8) is 0 Å². The van der Waals surface area contributed by atoms with E-state index in [0.29, 0.717) is 17.8 Å². The van der Waals surface area contributed by atoms with Crippen LogP contribution in [0.4, 0.5) is 5.69 Å². The minimum atomic E-state index is -3.78. The Morgan fingerprint density at radius 2 is 2.14 bits per heavy atom. The van der Waals surface area contributed by atoms with Gasteiger partial charge in [0.25, 0.3) is 0 Å². The fourth-order valence-corrected chi connectivity index (χ4v) is 3.11. The third-order valence-corrected chi connectivity index (χ3v) is 4.48. The molecule has 1 aliphatic rings. The zero-order valence-corrected chi connectivity index (χ0v) is 13.4. The molecule has 0 radical (unpaired) electrons. The Labute approximate surface area is 130 Å². The molecule has 1 aromatic carbocycles. The fraction of sp³-hybridized carbons (Fsp3) is 0.462.